The van der Waals surface area contributed by atoms with E-state index in [1.54, 1.807) is 12.1 Å². The van der Waals surface area contributed by atoms with Gasteiger partial charge in [-0.3, -0.25) is 4.79 Å². The number of hydrogen-bond acceptors (Lipinski definition) is 4. The summed E-state index contributed by atoms with van der Waals surface area (Å²) < 4.78 is 33.1. The van der Waals surface area contributed by atoms with Crippen molar-refractivity contribution in [1.82, 2.24) is 9.62 Å². The summed E-state index contributed by atoms with van der Waals surface area (Å²) in [6.07, 6.45) is 3.09. The third kappa shape index (κ3) is 5.23. The zero-order valence-electron chi connectivity index (χ0n) is 16.8. The fraction of sp³-hybridized carbons (Fsp3) is 0.650. The Hall–Kier alpha value is -1.60. The molecule has 6 nitrogen and oxygen atoms in total. The van der Waals surface area contributed by atoms with Crippen molar-refractivity contribution >= 4 is 15.9 Å². The molecule has 1 N–H and O–H groups in total. The maximum absolute atomic E-state index is 13.2. The third-order valence-corrected chi connectivity index (χ3v) is 7.05. The topological polar surface area (TPSA) is 75.7 Å². The van der Waals surface area contributed by atoms with Crippen LogP contribution in [0.2, 0.25) is 0 Å². The smallest absolute Gasteiger partial charge is 0.246 e. The van der Waals surface area contributed by atoms with Crippen LogP contribution >= 0.6 is 0 Å². The second-order valence-electron chi connectivity index (χ2n) is 7.39. The molecular formula is C20H32N2O4S. The first-order valence-corrected chi connectivity index (χ1v) is 11.2. The lowest BCUT2D eigenvalue weighted by atomic mass is 9.97. The highest BCUT2D eigenvalue weighted by Gasteiger charge is 2.33. The number of hydrogen-bond donors (Lipinski definition) is 1. The molecule has 1 fully saturated rings. The fourth-order valence-corrected chi connectivity index (χ4v) is 4.94. The second kappa shape index (κ2) is 9.55. The van der Waals surface area contributed by atoms with Crippen LogP contribution in [-0.4, -0.2) is 45.4 Å². The van der Waals surface area contributed by atoms with Crippen LogP contribution in [0.5, 0.6) is 5.75 Å². The lowest BCUT2D eigenvalue weighted by Crippen LogP contribution is -2.43. The monoisotopic (exact) mass is 396 g/mol. The van der Waals surface area contributed by atoms with Gasteiger partial charge >= 0.3 is 0 Å². The highest BCUT2D eigenvalue weighted by Crippen LogP contribution is 2.32. The van der Waals surface area contributed by atoms with Gasteiger partial charge in [0.1, 0.15) is 10.6 Å². The summed E-state index contributed by atoms with van der Waals surface area (Å²) in [7, 11) is -2.17. The average Bonchev–Trinajstić information content (AvgIpc) is 2.67. The van der Waals surface area contributed by atoms with Crippen molar-refractivity contribution in [3.05, 3.63) is 23.8 Å². The summed E-state index contributed by atoms with van der Waals surface area (Å²) in [4.78, 5) is 12.4. The maximum atomic E-state index is 13.2. The number of piperidine rings is 1. The molecule has 0 unspecified atom stereocenters. The van der Waals surface area contributed by atoms with Gasteiger partial charge in [0.2, 0.25) is 15.9 Å². The zero-order valence-corrected chi connectivity index (χ0v) is 17.6. The van der Waals surface area contributed by atoms with Crippen molar-refractivity contribution in [2.75, 3.05) is 26.7 Å². The minimum atomic E-state index is -3.65. The summed E-state index contributed by atoms with van der Waals surface area (Å²) in [6.45, 7) is 7.53. The lowest BCUT2D eigenvalue weighted by molar-refractivity contribution is -0.126. The number of ether oxygens (including phenoxy) is 1. The Bertz CT molecular complexity index is 738. The Morgan fingerprint density at radius 3 is 2.52 bits per heavy atom. The standard InChI is InChI=1S/C20H32N2O4S/c1-5-6-11-21-20(23)16-9-12-22(13-10-16)27(24,25)19-14-17(15(2)3)7-8-18(19)26-4/h7-8,14-16H,5-6,9-13H2,1-4H3,(H,21,23). The molecule has 0 spiro atoms. The molecular weight excluding hydrogens is 364 g/mol. The summed E-state index contributed by atoms with van der Waals surface area (Å²) in [5.41, 5.74) is 0.958. The van der Waals surface area contributed by atoms with Gasteiger partial charge in [-0.05, 0) is 42.9 Å². The quantitative estimate of drug-likeness (QED) is 0.685. The molecule has 2 rings (SSSR count). The lowest BCUT2D eigenvalue weighted by Gasteiger charge is -2.31. The number of nitrogens with zero attached hydrogens (tertiary/aromatic N) is 1. The Morgan fingerprint density at radius 1 is 1.30 bits per heavy atom. The van der Waals surface area contributed by atoms with Crippen LogP contribution in [-0.2, 0) is 14.8 Å². The van der Waals surface area contributed by atoms with E-state index in [-0.39, 0.29) is 22.6 Å². The van der Waals surface area contributed by atoms with Gasteiger partial charge in [-0.25, -0.2) is 8.42 Å². The summed E-state index contributed by atoms with van der Waals surface area (Å²) >= 11 is 0. The first-order valence-electron chi connectivity index (χ1n) is 9.77. The van der Waals surface area contributed by atoms with Crippen molar-refractivity contribution in [2.24, 2.45) is 5.92 Å². The Kier molecular flexibility index (Phi) is 7.68. The fourth-order valence-electron chi connectivity index (χ4n) is 3.28. The first-order chi connectivity index (χ1) is 12.8. The van der Waals surface area contributed by atoms with Crippen LogP contribution in [0.15, 0.2) is 23.1 Å². The van der Waals surface area contributed by atoms with E-state index in [0.29, 0.717) is 38.2 Å². The van der Waals surface area contributed by atoms with Gasteiger partial charge in [-0.15, -0.1) is 0 Å². The van der Waals surface area contributed by atoms with Crippen molar-refractivity contribution in [3.8, 4) is 5.75 Å². The van der Waals surface area contributed by atoms with Crippen LogP contribution in [0.1, 0.15) is 57.9 Å². The predicted octanol–water partition coefficient (Wildman–Crippen LogP) is 3.14. The molecule has 152 valence electrons. The number of amides is 1. The molecule has 0 radical (unpaired) electrons. The number of methoxy groups -OCH3 is 1. The molecule has 0 aromatic heterocycles. The van der Waals surface area contributed by atoms with Gasteiger partial charge in [-0.1, -0.05) is 33.3 Å². The molecule has 1 amide bonds. The van der Waals surface area contributed by atoms with Gasteiger partial charge < -0.3 is 10.1 Å². The van der Waals surface area contributed by atoms with Gasteiger partial charge in [0, 0.05) is 25.6 Å². The van der Waals surface area contributed by atoms with E-state index in [1.807, 2.05) is 19.9 Å². The number of carbonyl (C=O) groups is 1. The molecule has 0 aliphatic carbocycles. The van der Waals surface area contributed by atoms with Crippen molar-refractivity contribution in [2.45, 2.75) is 57.3 Å². The molecule has 0 atom stereocenters. The minimum absolute atomic E-state index is 0.0416. The normalized spacial score (nSPS) is 16.5. The number of rotatable bonds is 8. The van der Waals surface area contributed by atoms with Gasteiger partial charge in [0.25, 0.3) is 0 Å². The van der Waals surface area contributed by atoms with Crippen LogP contribution in [0.3, 0.4) is 0 Å². The molecule has 0 saturated carbocycles. The highest BCUT2D eigenvalue weighted by atomic mass is 32.2. The Morgan fingerprint density at radius 2 is 1.96 bits per heavy atom. The van der Waals surface area contributed by atoms with E-state index in [0.717, 1.165) is 18.4 Å². The molecule has 1 aliphatic heterocycles. The van der Waals surface area contributed by atoms with Crippen molar-refractivity contribution in [1.29, 1.82) is 0 Å². The minimum Gasteiger partial charge on any atom is -0.495 e. The van der Waals surface area contributed by atoms with Crippen LogP contribution in [0, 0.1) is 5.92 Å². The maximum Gasteiger partial charge on any atom is 0.246 e. The van der Waals surface area contributed by atoms with Gasteiger partial charge in [0.15, 0.2) is 0 Å². The van der Waals surface area contributed by atoms with E-state index in [1.165, 1.54) is 11.4 Å². The molecule has 1 aliphatic rings. The van der Waals surface area contributed by atoms with Gasteiger partial charge in [-0.2, -0.15) is 4.31 Å². The average molecular weight is 397 g/mol. The molecule has 1 heterocycles. The number of benzene rings is 1. The number of unbranched alkanes of at least 4 members (excludes halogenated alkanes) is 1. The summed E-state index contributed by atoms with van der Waals surface area (Å²) in [5.74, 6) is 0.512. The molecule has 1 aromatic carbocycles. The Balaban J connectivity index is 2.11. The Labute approximate surface area is 163 Å². The summed E-state index contributed by atoms with van der Waals surface area (Å²) in [5, 5.41) is 2.95. The largest absolute Gasteiger partial charge is 0.495 e. The SMILES string of the molecule is CCCCNC(=O)C1CCN(S(=O)(=O)c2cc(C(C)C)ccc2OC)CC1. The number of nitrogens with one attached hydrogen (secondary N) is 1. The van der Waals surface area contributed by atoms with Crippen molar-refractivity contribution in [3.63, 3.8) is 0 Å². The first kappa shape index (κ1) is 21.7. The molecule has 7 heteroatoms. The molecule has 1 saturated heterocycles. The van der Waals surface area contributed by atoms with E-state index in [2.05, 4.69) is 12.2 Å². The van der Waals surface area contributed by atoms with Crippen molar-refractivity contribution < 1.29 is 17.9 Å². The van der Waals surface area contributed by atoms with E-state index in [4.69, 9.17) is 4.74 Å². The van der Waals surface area contributed by atoms with E-state index >= 15 is 0 Å². The number of sulfonamides is 1. The summed E-state index contributed by atoms with van der Waals surface area (Å²) in [6, 6.07) is 5.33. The predicted molar refractivity (Wildman–Crippen MR) is 106 cm³/mol. The third-order valence-electron chi connectivity index (χ3n) is 5.13. The van der Waals surface area contributed by atoms with Gasteiger partial charge in [0.05, 0.1) is 7.11 Å². The van der Waals surface area contributed by atoms with Crippen LogP contribution in [0.4, 0.5) is 0 Å². The molecule has 1 aromatic rings. The second-order valence-corrected chi connectivity index (χ2v) is 9.29. The van der Waals surface area contributed by atoms with E-state index < -0.39 is 10.0 Å². The molecule has 27 heavy (non-hydrogen) atoms. The zero-order chi connectivity index (χ0) is 20.0. The number of carbonyl (C=O) groups excluding carboxylic acids is 1. The molecule has 0 bridgehead atoms. The van der Waals surface area contributed by atoms with Crippen LogP contribution in [0.25, 0.3) is 0 Å². The van der Waals surface area contributed by atoms with Crippen LogP contribution < -0.4 is 10.1 Å². The van der Waals surface area contributed by atoms with E-state index in [9.17, 15) is 13.2 Å². The highest BCUT2D eigenvalue weighted by molar-refractivity contribution is 7.89.